The van der Waals surface area contributed by atoms with Gasteiger partial charge in [-0.15, -0.1) is 0 Å². The van der Waals surface area contributed by atoms with Gasteiger partial charge in [-0.2, -0.15) is 0 Å². The molecule has 10 heavy (non-hydrogen) atoms. The molecule has 0 rings (SSSR count). The van der Waals surface area contributed by atoms with Gasteiger partial charge in [0.15, 0.2) is 0 Å². The van der Waals surface area contributed by atoms with E-state index in [1.807, 2.05) is 0 Å². The van der Waals surface area contributed by atoms with Crippen molar-refractivity contribution in [2.45, 2.75) is 0 Å². The van der Waals surface area contributed by atoms with Crippen molar-refractivity contribution in [3.05, 3.63) is 0 Å². The maximum absolute atomic E-state index is 9.63. The largest absolute Gasteiger partial charge is 0.412 e. The smallest absolute Gasteiger partial charge is 0.309 e. The third-order valence-corrected chi connectivity index (χ3v) is 0. The molecule has 2 amide bonds. The van der Waals surface area contributed by atoms with Gasteiger partial charge in [0, 0.05) is 12.5 Å². The van der Waals surface area contributed by atoms with Crippen LogP contribution in [0.4, 0.5) is 4.79 Å². The van der Waals surface area contributed by atoms with Crippen LogP contribution in [0.2, 0.25) is 0 Å². The van der Waals surface area contributed by atoms with E-state index in [1.165, 1.54) is 0 Å². The fourth-order valence-corrected chi connectivity index (χ4v) is 0. The van der Waals surface area contributed by atoms with Crippen molar-refractivity contribution in [1.29, 1.82) is 0 Å². The summed E-state index contributed by atoms with van der Waals surface area (Å²) in [6, 6.07) is -0.833. The molecule has 7 heteroatoms. The molecule has 6 nitrogen and oxygen atoms in total. The summed E-state index contributed by atoms with van der Waals surface area (Å²) in [7, 11) is -2.67. The van der Waals surface area contributed by atoms with Gasteiger partial charge in [0.2, 0.25) is 0 Å². The van der Waals surface area contributed by atoms with Crippen LogP contribution in [-0.4, -0.2) is 32.4 Å². The van der Waals surface area contributed by atoms with Crippen LogP contribution in [0.5, 0.6) is 0 Å². The van der Waals surface area contributed by atoms with Crippen molar-refractivity contribution in [2.24, 2.45) is 11.5 Å². The molecular formula is C3H12N2O4S. The van der Waals surface area contributed by atoms with Gasteiger partial charge in [0.1, 0.15) is 9.84 Å². The lowest BCUT2D eigenvalue weighted by atomic mass is 11.2. The van der Waals surface area contributed by atoms with Gasteiger partial charge in [-0.25, -0.2) is 13.2 Å². The monoisotopic (exact) mass is 172 g/mol. The van der Waals surface area contributed by atoms with Crippen molar-refractivity contribution in [2.75, 3.05) is 12.5 Å². The Labute approximate surface area is 59.4 Å². The summed E-state index contributed by atoms with van der Waals surface area (Å²) in [4.78, 5) is 9.00. The SMILES string of the molecule is CS(C)(=O)=O.NC(N)=O.O. The van der Waals surface area contributed by atoms with Gasteiger partial charge in [-0.3, -0.25) is 0 Å². The van der Waals surface area contributed by atoms with Crippen LogP contribution in [0.15, 0.2) is 0 Å². The summed E-state index contributed by atoms with van der Waals surface area (Å²) < 4.78 is 19.3. The van der Waals surface area contributed by atoms with Crippen LogP contribution < -0.4 is 11.5 Å². The molecule has 0 saturated heterocycles. The predicted octanol–water partition coefficient (Wildman–Crippen LogP) is -2.14. The first kappa shape index (κ1) is 16.1. The topological polar surface area (TPSA) is 135 Å². The Bertz CT molecular complexity index is 161. The van der Waals surface area contributed by atoms with Gasteiger partial charge >= 0.3 is 6.03 Å². The minimum atomic E-state index is -2.67. The fraction of sp³-hybridized carbons (Fsp3) is 0.667. The number of amides is 2. The second-order valence-corrected chi connectivity index (χ2v) is 3.83. The van der Waals surface area contributed by atoms with Gasteiger partial charge in [-0.1, -0.05) is 0 Å². The maximum Gasteiger partial charge on any atom is 0.309 e. The highest BCUT2D eigenvalue weighted by molar-refractivity contribution is 7.89. The van der Waals surface area contributed by atoms with Crippen LogP contribution in [-0.2, 0) is 9.84 Å². The summed E-state index contributed by atoms with van der Waals surface area (Å²) in [6.07, 6.45) is 2.32. The quantitative estimate of drug-likeness (QED) is 0.431. The Hall–Kier alpha value is -0.820. The van der Waals surface area contributed by atoms with Crippen LogP contribution in [0.25, 0.3) is 0 Å². The Kier molecular flexibility index (Phi) is 10.1. The number of urea groups is 1. The second kappa shape index (κ2) is 6.30. The van der Waals surface area contributed by atoms with E-state index in [-0.39, 0.29) is 5.48 Å². The Morgan fingerprint density at radius 3 is 1.20 bits per heavy atom. The highest BCUT2D eigenvalue weighted by atomic mass is 32.2. The normalized spacial score (nSPS) is 8.20. The van der Waals surface area contributed by atoms with Crippen LogP contribution in [0.1, 0.15) is 0 Å². The van der Waals surface area contributed by atoms with Crippen LogP contribution in [0.3, 0.4) is 0 Å². The van der Waals surface area contributed by atoms with E-state index >= 15 is 0 Å². The van der Waals surface area contributed by atoms with Crippen molar-refractivity contribution >= 4 is 15.9 Å². The number of sulfone groups is 1. The van der Waals surface area contributed by atoms with E-state index in [4.69, 9.17) is 4.79 Å². The number of carbonyl (C=O) groups is 1. The molecule has 6 N–H and O–H groups in total. The minimum Gasteiger partial charge on any atom is -0.412 e. The predicted molar refractivity (Wildman–Crippen MR) is 38.2 cm³/mol. The summed E-state index contributed by atoms with van der Waals surface area (Å²) >= 11 is 0. The number of rotatable bonds is 0. The average Bonchev–Trinajstić information content (AvgIpc) is 1.19. The molecule has 64 valence electrons. The van der Waals surface area contributed by atoms with Crippen LogP contribution in [0, 0.1) is 0 Å². The lowest BCUT2D eigenvalue weighted by Crippen LogP contribution is -2.18. The molecule has 0 atom stereocenters. The Morgan fingerprint density at radius 2 is 1.20 bits per heavy atom. The second-order valence-electron chi connectivity index (χ2n) is 1.55. The van der Waals surface area contributed by atoms with Gasteiger partial charge < -0.3 is 16.9 Å². The number of hydrogen-bond acceptors (Lipinski definition) is 3. The summed E-state index contributed by atoms with van der Waals surface area (Å²) in [6.45, 7) is 0. The molecule has 0 saturated carbocycles. The lowest BCUT2D eigenvalue weighted by molar-refractivity contribution is 0.256. The Morgan fingerprint density at radius 1 is 1.20 bits per heavy atom. The molecule has 0 radical (unpaired) electrons. The molecule has 0 spiro atoms. The highest BCUT2D eigenvalue weighted by Crippen LogP contribution is 1.61. The van der Waals surface area contributed by atoms with E-state index in [2.05, 4.69) is 11.5 Å². The molecule has 0 bridgehead atoms. The molecule has 0 aliphatic heterocycles. The molecule has 0 aromatic rings. The highest BCUT2D eigenvalue weighted by Gasteiger charge is 1.79. The first-order chi connectivity index (χ1) is 3.73. The zero-order chi connectivity index (χ0) is 8.08. The van der Waals surface area contributed by atoms with Gasteiger partial charge in [0.25, 0.3) is 0 Å². The zero-order valence-corrected chi connectivity index (χ0v) is 6.60. The first-order valence-corrected chi connectivity index (χ1v) is 4.23. The van der Waals surface area contributed by atoms with E-state index in [0.29, 0.717) is 0 Å². The third-order valence-electron chi connectivity index (χ3n) is 0. The van der Waals surface area contributed by atoms with E-state index in [0.717, 1.165) is 12.5 Å². The van der Waals surface area contributed by atoms with E-state index < -0.39 is 15.9 Å². The van der Waals surface area contributed by atoms with Gasteiger partial charge in [-0.05, 0) is 0 Å². The number of nitrogens with two attached hydrogens (primary N) is 2. The molecule has 0 aliphatic carbocycles. The molecular weight excluding hydrogens is 160 g/mol. The number of primary amides is 2. The summed E-state index contributed by atoms with van der Waals surface area (Å²) in [5.41, 5.74) is 8.50. The zero-order valence-electron chi connectivity index (χ0n) is 5.79. The maximum atomic E-state index is 9.63. The van der Waals surface area contributed by atoms with E-state index in [9.17, 15) is 8.42 Å². The van der Waals surface area contributed by atoms with Gasteiger partial charge in [0.05, 0.1) is 0 Å². The Balaban J connectivity index is -0.0000000910. The standard InChI is InChI=1S/C2H6O2S.CH4N2O.H2O/c1-5(2,3)4;2-1(3)4;/h1-2H3;(H4,2,3,4);1H2. The van der Waals surface area contributed by atoms with Crippen molar-refractivity contribution in [1.82, 2.24) is 0 Å². The van der Waals surface area contributed by atoms with Crippen molar-refractivity contribution in [3.63, 3.8) is 0 Å². The van der Waals surface area contributed by atoms with E-state index in [1.54, 1.807) is 0 Å². The molecule has 0 aliphatic rings. The fourth-order valence-electron chi connectivity index (χ4n) is 0. The summed E-state index contributed by atoms with van der Waals surface area (Å²) in [5, 5.41) is 0. The van der Waals surface area contributed by atoms with Crippen molar-refractivity contribution in [3.8, 4) is 0 Å². The van der Waals surface area contributed by atoms with Crippen LogP contribution >= 0.6 is 0 Å². The van der Waals surface area contributed by atoms with Crippen molar-refractivity contribution < 1.29 is 18.7 Å². The molecule has 0 fully saturated rings. The molecule has 0 aromatic heterocycles. The molecule has 0 aromatic carbocycles. The number of hydrogen-bond donors (Lipinski definition) is 2. The first-order valence-electron chi connectivity index (χ1n) is 1.93. The number of carbonyl (C=O) groups excluding carboxylic acids is 1. The minimum absolute atomic E-state index is 0. The third kappa shape index (κ3) is 408. The summed E-state index contributed by atoms with van der Waals surface area (Å²) in [5.74, 6) is 0. The molecule has 0 heterocycles. The lowest BCUT2D eigenvalue weighted by Gasteiger charge is -1.69. The molecule has 0 unspecified atom stereocenters. The average molecular weight is 172 g/mol.